The van der Waals surface area contributed by atoms with Gasteiger partial charge in [-0.2, -0.15) is 0 Å². The Morgan fingerprint density at radius 1 is 1.42 bits per heavy atom. The molecule has 2 aromatic rings. The summed E-state index contributed by atoms with van der Waals surface area (Å²) in [5.41, 5.74) is 0.490. The van der Waals surface area contributed by atoms with E-state index < -0.39 is 4.92 Å². The average Bonchev–Trinajstić information content (AvgIpc) is 2.82. The van der Waals surface area contributed by atoms with E-state index in [0.29, 0.717) is 24.6 Å². The van der Waals surface area contributed by atoms with Crippen LogP contribution < -0.4 is 4.90 Å². The van der Waals surface area contributed by atoms with Crippen molar-refractivity contribution in [3.63, 3.8) is 0 Å². The van der Waals surface area contributed by atoms with E-state index in [1.165, 1.54) is 16.7 Å². The first-order chi connectivity index (χ1) is 9.16. The van der Waals surface area contributed by atoms with Gasteiger partial charge in [0.15, 0.2) is 11.3 Å². The number of rotatable bonds is 2. The predicted molar refractivity (Wildman–Crippen MR) is 71.8 cm³/mol. The molecule has 7 nitrogen and oxygen atoms in total. The molecule has 0 radical (unpaired) electrons. The van der Waals surface area contributed by atoms with Crippen molar-refractivity contribution >= 4 is 33.1 Å². The Kier molecular flexibility index (Phi) is 3.03. The Balaban J connectivity index is 2.15. The van der Waals surface area contributed by atoms with Gasteiger partial charge in [-0.3, -0.25) is 10.1 Å². The van der Waals surface area contributed by atoms with E-state index in [2.05, 4.69) is 14.9 Å². The van der Waals surface area contributed by atoms with E-state index >= 15 is 0 Å². The lowest BCUT2D eigenvalue weighted by atomic mass is 10.3. The molecule has 100 valence electrons. The minimum absolute atomic E-state index is 0.0556. The van der Waals surface area contributed by atoms with Crippen LogP contribution in [0.2, 0.25) is 0 Å². The quantitative estimate of drug-likeness (QED) is 0.615. The van der Waals surface area contributed by atoms with Gasteiger partial charge in [-0.15, -0.1) is 11.3 Å². The maximum atomic E-state index is 11.0. The first-order valence-electron chi connectivity index (χ1n) is 5.90. The molecule has 3 rings (SSSR count). The molecule has 8 heteroatoms. The van der Waals surface area contributed by atoms with Crippen LogP contribution in [0.3, 0.4) is 0 Å². The molecule has 2 aromatic heterocycles. The Bertz CT molecular complexity index is 636. The highest BCUT2D eigenvalue weighted by atomic mass is 32.1. The van der Waals surface area contributed by atoms with E-state index in [9.17, 15) is 10.1 Å². The second kappa shape index (κ2) is 4.71. The molecule has 0 aliphatic carbocycles. The van der Waals surface area contributed by atoms with Gasteiger partial charge in [0.25, 0.3) is 0 Å². The molecule has 0 aromatic carbocycles. The number of hydrogen-bond acceptors (Lipinski definition) is 7. The highest BCUT2D eigenvalue weighted by molar-refractivity contribution is 7.18. The number of ether oxygens (including phenoxy) is 1. The van der Waals surface area contributed by atoms with Crippen LogP contribution in [0.4, 0.5) is 11.5 Å². The van der Waals surface area contributed by atoms with Crippen molar-refractivity contribution in [1.82, 2.24) is 9.97 Å². The number of nitrogens with zero attached hydrogens (tertiary/aromatic N) is 4. The molecule has 0 N–H and O–H groups in total. The molecule has 19 heavy (non-hydrogen) atoms. The Morgan fingerprint density at radius 2 is 2.16 bits per heavy atom. The van der Waals surface area contributed by atoms with Crippen molar-refractivity contribution in [3.8, 4) is 0 Å². The third-order valence-corrected chi connectivity index (χ3v) is 3.95. The Hall–Kier alpha value is -1.80. The fourth-order valence-electron chi connectivity index (χ4n) is 2.12. The molecule has 1 aliphatic heterocycles. The van der Waals surface area contributed by atoms with Gasteiger partial charge in [0.2, 0.25) is 0 Å². The van der Waals surface area contributed by atoms with Gasteiger partial charge in [0, 0.05) is 13.1 Å². The van der Waals surface area contributed by atoms with E-state index in [1.54, 1.807) is 6.92 Å². The van der Waals surface area contributed by atoms with Gasteiger partial charge >= 0.3 is 5.69 Å². The summed E-state index contributed by atoms with van der Waals surface area (Å²) in [7, 11) is 0. The smallest absolute Gasteiger partial charge is 0.306 e. The van der Waals surface area contributed by atoms with Crippen molar-refractivity contribution in [1.29, 1.82) is 0 Å². The molecule has 0 bridgehead atoms. The Morgan fingerprint density at radius 3 is 2.84 bits per heavy atom. The number of aryl methyl sites for hydroxylation is 1. The van der Waals surface area contributed by atoms with E-state index in [0.717, 1.165) is 23.6 Å². The molecular formula is C11H12N4O3S. The topological polar surface area (TPSA) is 81.4 Å². The zero-order chi connectivity index (χ0) is 13.4. The molecule has 3 heterocycles. The van der Waals surface area contributed by atoms with Crippen molar-refractivity contribution in [2.24, 2.45) is 0 Å². The van der Waals surface area contributed by atoms with Gasteiger partial charge in [0.05, 0.1) is 23.5 Å². The highest BCUT2D eigenvalue weighted by Crippen LogP contribution is 2.36. The first-order valence-corrected chi connectivity index (χ1v) is 6.77. The summed E-state index contributed by atoms with van der Waals surface area (Å²) in [6.45, 7) is 4.55. The predicted octanol–water partition coefficient (Wildman–Crippen LogP) is 1.74. The third-order valence-electron chi connectivity index (χ3n) is 3.00. The van der Waals surface area contributed by atoms with Crippen LogP contribution in [-0.2, 0) is 4.74 Å². The molecule has 1 aliphatic rings. The maximum Gasteiger partial charge on any atom is 0.306 e. The lowest BCUT2D eigenvalue weighted by molar-refractivity contribution is -0.382. The monoisotopic (exact) mass is 280 g/mol. The van der Waals surface area contributed by atoms with Crippen LogP contribution in [0.25, 0.3) is 10.2 Å². The summed E-state index contributed by atoms with van der Waals surface area (Å²) in [5, 5.41) is 12.5. The van der Waals surface area contributed by atoms with Gasteiger partial charge < -0.3 is 9.64 Å². The highest BCUT2D eigenvalue weighted by Gasteiger charge is 2.23. The van der Waals surface area contributed by atoms with Crippen molar-refractivity contribution in [2.75, 3.05) is 31.2 Å². The van der Waals surface area contributed by atoms with Crippen LogP contribution in [-0.4, -0.2) is 41.2 Å². The van der Waals surface area contributed by atoms with Crippen LogP contribution in [0, 0.1) is 17.0 Å². The molecule has 0 saturated carbocycles. The molecule has 0 atom stereocenters. The minimum Gasteiger partial charge on any atom is -0.378 e. The first kappa shape index (κ1) is 12.2. The Labute approximate surface area is 113 Å². The van der Waals surface area contributed by atoms with Gasteiger partial charge in [-0.05, 0) is 6.92 Å². The van der Waals surface area contributed by atoms with Crippen molar-refractivity contribution in [2.45, 2.75) is 6.92 Å². The molecular weight excluding hydrogens is 268 g/mol. The van der Waals surface area contributed by atoms with E-state index in [1.807, 2.05) is 0 Å². The summed E-state index contributed by atoms with van der Waals surface area (Å²) in [4.78, 5) is 21.4. The maximum absolute atomic E-state index is 11.0. The largest absolute Gasteiger partial charge is 0.378 e. The third kappa shape index (κ3) is 2.13. The summed E-state index contributed by atoms with van der Waals surface area (Å²) >= 11 is 1.32. The minimum atomic E-state index is -0.394. The lowest BCUT2D eigenvalue weighted by Gasteiger charge is -2.28. The second-order valence-electron chi connectivity index (χ2n) is 4.25. The molecule has 0 unspecified atom stereocenters. The summed E-state index contributed by atoms with van der Waals surface area (Å²) in [6.07, 6.45) is 0. The number of morpholine rings is 1. The number of thiophene rings is 1. The lowest BCUT2D eigenvalue weighted by Crippen LogP contribution is -2.36. The average molecular weight is 280 g/mol. The van der Waals surface area contributed by atoms with Crippen molar-refractivity contribution < 1.29 is 9.66 Å². The number of aromatic nitrogens is 2. The van der Waals surface area contributed by atoms with Crippen LogP contribution in [0.1, 0.15) is 5.82 Å². The van der Waals surface area contributed by atoms with Gasteiger partial charge in [0.1, 0.15) is 10.5 Å². The van der Waals surface area contributed by atoms with E-state index in [4.69, 9.17) is 4.74 Å². The standard InChI is InChI=1S/C11H12N4O3S/c1-7-12-9-8(15(16)17)6-19-10(9)11(13-7)14-2-4-18-5-3-14/h6H,2-5H2,1H3. The number of hydrogen-bond donors (Lipinski definition) is 0. The van der Waals surface area contributed by atoms with Gasteiger partial charge in [-0.25, -0.2) is 9.97 Å². The number of fused-ring (bicyclic) bond motifs is 1. The SMILES string of the molecule is Cc1nc(N2CCOCC2)c2scc([N+](=O)[O-])c2n1. The molecule has 0 spiro atoms. The molecule has 1 saturated heterocycles. The van der Waals surface area contributed by atoms with Crippen LogP contribution in [0.15, 0.2) is 5.38 Å². The fourth-order valence-corrected chi connectivity index (χ4v) is 3.09. The van der Waals surface area contributed by atoms with Crippen LogP contribution >= 0.6 is 11.3 Å². The van der Waals surface area contributed by atoms with Crippen molar-refractivity contribution in [3.05, 3.63) is 21.3 Å². The summed E-state index contributed by atoms with van der Waals surface area (Å²) in [6, 6.07) is 0. The zero-order valence-electron chi connectivity index (χ0n) is 10.3. The summed E-state index contributed by atoms with van der Waals surface area (Å²) < 4.78 is 6.09. The molecule has 0 amide bonds. The zero-order valence-corrected chi connectivity index (χ0v) is 11.1. The fraction of sp³-hybridized carbons (Fsp3) is 0.455. The van der Waals surface area contributed by atoms with Crippen LogP contribution in [0.5, 0.6) is 0 Å². The second-order valence-corrected chi connectivity index (χ2v) is 5.13. The molecule has 1 fully saturated rings. The number of nitro groups is 1. The normalized spacial score (nSPS) is 15.9. The van der Waals surface area contributed by atoms with Gasteiger partial charge in [-0.1, -0.05) is 0 Å². The number of anilines is 1. The summed E-state index contributed by atoms with van der Waals surface area (Å²) in [5.74, 6) is 1.33. The van der Waals surface area contributed by atoms with E-state index in [-0.39, 0.29) is 5.69 Å².